The molecule has 37 heavy (non-hydrogen) atoms. The highest BCUT2D eigenvalue weighted by Gasteiger charge is 2.45. The van der Waals surface area contributed by atoms with Gasteiger partial charge in [0.15, 0.2) is 0 Å². The van der Waals surface area contributed by atoms with Crippen molar-refractivity contribution in [2.24, 2.45) is 0 Å². The first-order chi connectivity index (χ1) is 17.7. The summed E-state index contributed by atoms with van der Waals surface area (Å²) >= 11 is 0. The molecule has 2 N–H and O–H groups in total. The molecule has 10 heteroatoms. The third-order valence-electron chi connectivity index (χ3n) is 6.02. The van der Waals surface area contributed by atoms with Crippen LogP contribution in [0.25, 0.3) is 0 Å². The van der Waals surface area contributed by atoms with E-state index in [4.69, 9.17) is 0 Å². The minimum atomic E-state index is -1.16. The van der Waals surface area contributed by atoms with Crippen LogP contribution in [0, 0.1) is 0 Å². The van der Waals surface area contributed by atoms with Crippen LogP contribution in [0.3, 0.4) is 0 Å². The van der Waals surface area contributed by atoms with E-state index in [0.29, 0.717) is 19.3 Å². The van der Waals surface area contributed by atoms with Crippen molar-refractivity contribution in [2.75, 3.05) is 19.6 Å². The molecule has 1 fully saturated rings. The van der Waals surface area contributed by atoms with Crippen molar-refractivity contribution in [3.63, 3.8) is 0 Å². The fraction of sp³-hybridized carbons (Fsp3) is 0.481. The van der Waals surface area contributed by atoms with Crippen molar-refractivity contribution in [2.45, 2.75) is 64.5 Å². The molecule has 0 radical (unpaired) electrons. The third kappa shape index (κ3) is 8.66. The average molecular weight is 513 g/mol. The molecule has 1 unspecified atom stereocenters. The van der Waals surface area contributed by atoms with Crippen LogP contribution in [0.1, 0.15) is 51.5 Å². The molecule has 1 heterocycles. The van der Waals surface area contributed by atoms with Crippen LogP contribution in [0.4, 0.5) is 4.79 Å². The van der Waals surface area contributed by atoms with E-state index in [0.717, 1.165) is 10.5 Å². The van der Waals surface area contributed by atoms with E-state index < -0.39 is 41.6 Å². The molecule has 0 saturated carbocycles. The summed E-state index contributed by atoms with van der Waals surface area (Å²) < 4.78 is 0. The van der Waals surface area contributed by atoms with Gasteiger partial charge in [0.25, 0.3) is 5.91 Å². The number of hydrogen-bond donors (Lipinski definition) is 2. The van der Waals surface area contributed by atoms with Crippen molar-refractivity contribution in [3.8, 4) is 0 Å². The summed E-state index contributed by atoms with van der Waals surface area (Å²) in [5.74, 6) is -2.86. The number of imide groups is 1. The normalized spacial score (nSPS) is 15.7. The van der Waals surface area contributed by atoms with Gasteiger partial charge in [0.05, 0.1) is 12.6 Å². The number of amides is 5. The van der Waals surface area contributed by atoms with Gasteiger partial charge in [-0.15, -0.1) is 6.58 Å². The van der Waals surface area contributed by atoms with Gasteiger partial charge < -0.3 is 20.3 Å². The summed E-state index contributed by atoms with van der Waals surface area (Å²) in [4.78, 5) is 78.1. The van der Waals surface area contributed by atoms with E-state index in [9.17, 15) is 28.8 Å². The molecule has 1 aromatic carbocycles. The number of ketones is 2. The molecule has 1 saturated heterocycles. The fourth-order valence-corrected chi connectivity index (χ4v) is 4.09. The molecule has 0 bridgehead atoms. The number of aryl methyl sites for hydroxylation is 1. The van der Waals surface area contributed by atoms with Gasteiger partial charge in [-0.1, -0.05) is 49.8 Å². The highest BCUT2D eigenvalue weighted by atomic mass is 16.2. The molecular formula is C27H36N4O6. The standard InChI is InChI=1S/C27H36N4O6/c1-4-10-21(24(34)26(36)28-16-5-2)29-25(35)22-18-30(17-9-11-19(3)32)27(37)31(22)23(33)15-14-20-12-7-6-8-13-20/h5-8,12-13,21-22H,2,4,9-11,14-18H2,1,3H3,(H,28,36)(H,29,35)/t21?,22-/m0/s1. The zero-order valence-corrected chi connectivity index (χ0v) is 21.5. The maximum Gasteiger partial charge on any atom is 0.327 e. The number of nitrogens with zero attached hydrogens (tertiary/aromatic N) is 2. The van der Waals surface area contributed by atoms with Gasteiger partial charge in [-0.3, -0.25) is 19.2 Å². The number of benzene rings is 1. The summed E-state index contributed by atoms with van der Waals surface area (Å²) in [6, 6.07) is 6.45. The summed E-state index contributed by atoms with van der Waals surface area (Å²) in [5, 5.41) is 5.00. The first-order valence-corrected chi connectivity index (χ1v) is 12.6. The number of carbonyl (C=O) groups is 6. The van der Waals surface area contributed by atoms with E-state index in [1.165, 1.54) is 17.9 Å². The number of carbonyl (C=O) groups excluding carboxylic acids is 6. The Hall–Kier alpha value is -3.82. The van der Waals surface area contributed by atoms with Gasteiger partial charge in [-0.25, -0.2) is 9.69 Å². The highest BCUT2D eigenvalue weighted by Crippen LogP contribution is 2.20. The van der Waals surface area contributed by atoms with E-state index in [2.05, 4.69) is 17.2 Å². The highest BCUT2D eigenvalue weighted by molar-refractivity contribution is 6.38. The quantitative estimate of drug-likeness (QED) is 0.272. The second-order valence-corrected chi connectivity index (χ2v) is 9.01. The van der Waals surface area contributed by atoms with Gasteiger partial charge in [-0.05, 0) is 31.7 Å². The molecule has 0 spiro atoms. The van der Waals surface area contributed by atoms with Gasteiger partial charge in [0.2, 0.25) is 17.6 Å². The lowest BCUT2D eigenvalue weighted by atomic mass is 10.1. The van der Waals surface area contributed by atoms with E-state index in [1.807, 2.05) is 37.3 Å². The summed E-state index contributed by atoms with van der Waals surface area (Å²) in [7, 11) is 0. The Kier molecular flexibility index (Phi) is 11.7. The van der Waals surface area contributed by atoms with Crippen molar-refractivity contribution in [1.82, 2.24) is 20.4 Å². The van der Waals surface area contributed by atoms with Crippen LogP contribution in [-0.4, -0.2) is 76.8 Å². The predicted molar refractivity (Wildman–Crippen MR) is 137 cm³/mol. The molecule has 1 aliphatic heterocycles. The van der Waals surface area contributed by atoms with E-state index >= 15 is 0 Å². The Morgan fingerprint density at radius 2 is 1.84 bits per heavy atom. The van der Waals surface area contributed by atoms with Crippen molar-refractivity contribution >= 4 is 35.3 Å². The largest absolute Gasteiger partial charge is 0.346 e. The molecule has 10 nitrogen and oxygen atoms in total. The molecule has 1 aromatic rings. The summed E-state index contributed by atoms with van der Waals surface area (Å²) in [5.41, 5.74) is 0.918. The minimum Gasteiger partial charge on any atom is -0.346 e. The zero-order chi connectivity index (χ0) is 27.4. The molecule has 0 aliphatic carbocycles. The molecule has 0 aromatic heterocycles. The second-order valence-electron chi connectivity index (χ2n) is 9.01. The third-order valence-corrected chi connectivity index (χ3v) is 6.02. The lowest BCUT2D eigenvalue weighted by Crippen LogP contribution is -2.54. The first kappa shape index (κ1) is 29.4. The lowest BCUT2D eigenvalue weighted by Gasteiger charge is -2.23. The van der Waals surface area contributed by atoms with Gasteiger partial charge in [0, 0.05) is 25.9 Å². The predicted octanol–water partition coefficient (Wildman–Crippen LogP) is 1.78. The average Bonchev–Trinajstić information content (AvgIpc) is 3.21. The molecular weight excluding hydrogens is 476 g/mol. The van der Waals surface area contributed by atoms with Gasteiger partial charge in [-0.2, -0.15) is 0 Å². The number of Topliss-reactive ketones (excluding diaryl/α,β-unsaturated/α-hetero) is 2. The van der Waals surface area contributed by atoms with Crippen LogP contribution in [0.15, 0.2) is 43.0 Å². The van der Waals surface area contributed by atoms with Gasteiger partial charge in [0.1, 0.15) is 11.8 Å². The Morgan fingerprint density at radius 3 is 2.46 bits per heavy atom. The van der Waals surface area contributed by atoms with Crippen LogP contribution < -0.4 is 10.6 Å². The number of urea groups is 1. The lowest BCUT2D eigenvalue weighted by molar-refractivity contribution is -0.141. The van der Waals surface area contributed by atoms with Crippen LogP contribution in [0.5, 0.6) is 0 Å². The smallest absolute Gasteiger partial charge is 0.327 e. The maximum atomic E-state index is 13.3. The van der Waals surface area contributed by atoms with Crippen molar-refractivity contribution in [3.05, 3.63) is 48.6 Å². The minimum absolute atomic E-state index is 0.0160. The van der Waals surface area contributed by atoms with Crippen molar-refractivity contribution in [1.29, 1.82) is 0 Å². The summed E-state index contributed by atoms with van der Waals surface area (Å²) in [6.45, 7) is 7.01. The Labute approximate surface area is 217 Å². The van der Waals surface area contributed by atoms with Gasteiger partial charge >= 0.3 is 6.03 Å². The second kappa shape index (κ2) is 14.7. The molecule has 1 aliphatic rings. The van der Waals surface area contributed by atoms with E-state index in [1.54, 1.807) is 0 Å². The molecule has 2 atom stereocenters. The Bertz CT molecular complexity index is 1010. The van der Waals surface area contributed by atoms with Crippen LogP contribution >= 0.6 is 0 Å². The number of rotatable bonds is 15. The summed E-state index contributed by atoms with van der Waals surface area (Å²) in [6.07, 6.45) is 3.26. The SMILES string of the molecule is C=CCNC(=O)C(=O)C(CCC)NC(=O)[C@@H]1CN(CCCC(C)=O)C(=O)N1C(=O)CCc1ccccc1. The first-order valence-electron chi connectivity index (χ1n) is 12.6. The Balaban J connectivity index is 2.19. The molecule has 5 amide bonds. The maximum absolute atomic E-state index is 13.3. The molecule has 200 valence electrons. The topological polar surface area (TPSA) is 133 Å². The van der Waals surface area contributed by atoms with Crippen molar-refractivity contribution < 1.29 is 28.8 Å². The fourth-order valence-electron chi connectivity index (χ4n) is 4.09. The zero-order valence-electron chi connectivity index (χ0n) is 21.5. The Morgan fingerprint density at radius 1 is 1.14 bits per heavy atom. The molecule has 2 rings (SSSR count). The number of hydrogen-bond acceptors (Lipinski definition) is 6. The van der Waals surface area contributed by atoms with Crippen LogP contribution in [-0.2, 0) is 30.4 Å². The number of nitrogens with one attached hydrogen (secondary N) is 2. The van der Waals surface area contributed by atoms with Crippen LogP contribution in [0.2, 0.25) is 0 Å². The van der Waals surface area contributed by atoms with E-state index in [-0.39, 0.29) is 44.7 Å². The monoisotopic (exact) mass is 512 g/mol.